The van der Waals surface area contributed by atoms with Gasteiger partial charge in [0.05, 0.1) is 9.35 Å². The molecule has 0 saturated heterocycles. The Kier molecular flexibility index (Phi) is 5.96. The van der Waals surface area contributed by atoms with E-state index in [0.29, 0.717) is 5.56 Å². The predicted molar refractivity (Wildman–Crippen MR) is 93.0 cm³/mol. The molecule has 0 radical (unpaired) electrons. The average molecular weight is 367 g/mol. The molecule has 0 bridgehead atoms. The van der Waals surface area contributed by atoms with E-state index in [2.05, 4.69) is 46.1 Å². The Morgan fingerprint density at radius 3 is 2.62 bits per heavy atom. The van der Waals surface area contributed by atoms with E-state index >= 15 is 0 Å². The average Bonchev–Trinajstić information content (AvgIpc) is 2.93. The maximum Gasteiger partial charge on any atom is 0.256 e. The van der Waals surface area contributed by atoms with Crippen LogP contribution in [0.15, 0.2) is 39.5 Å². The summed E-state index contributed by atoms with van der Waals surface area (Å²) in [6.07, 6.45) is 0. The number of rotatable bonds is 6. The van der Waals surface area contributed by atoms with Crippen LogP contribution in [-0.4, -0.2) is 23.9 Å². The number of carbonyl (C=O) groups is 1. The van der Waals surface area contributed by atoms with Gasteiger partial charge in [-0.1, -0.05) is 32.0 Å². The highest BCUT2D eigenvalue weighted by atomic mass is 79.9. The van der Waals surface area contributed by atoms with Crippen molar-refractivity contribution in [2.45, 2.75) is 20.4 Å². The van der Waals surface area contributed by atoms with Crippen LogP contribution in [0.4, 0.5) is 5.69 Å². The lowest BCUT2D eigenvalue weighted by atomic mass is 10.1. The molecule has 3 nitrogen and oxygen atoms in total. The minimum absolute atomic E-state index is 0.0658. The van der Waals surface area contributed by atoms with Crippen molar-refractivity contribution in [2.75, 3.05) is 18.4 Å². The van der Waals surface area contributed by atoms with E-state index in [1.807, 2.05) is 29.6 Å². The number of nitrogens with one attached hydrogen (secondary N) is 1. The van der Waals surface area contributed by atoms with Crippen LogP contribution in [0.3, 0.4) is 0 Å². The molecule has 0 aliphatic carbocycles. The normalized spacial score (nSPS) is 10.9. The van der Waals surface area contributed by atoms with Gasteiger partial charge < -0.3 is 5.32 Å². The van der Waals surface area contributed by atoms with Crippen molar-refractivity contribution in [1.29, 1.82) is 0 Å². The summed E-state index contributed by atoms with van der Waals surface area (Å²) < 4.78 is 0.962. The number of para-hydroxylation sites is 1. The largest absolute Gasteiger partial charge is 0.322 e. The number of hydrogen-bond donors (Lipinski definition) is 1. The molecular formula is C16H19BrN2OS. The predicted octanol–water partition coefficient (Wildman–Crippen LogP) is 4.60. The zero-order valence-electron chi connectivity index (χ0n) is 12.2. The van der Waals surface area contributed by atoms with Crippen LogP contribution in [0.2, 0.25) is 0 Å². The van der Waals surface area contributed by atoms with Gasteiger partial charge in [-0.3, -0.25) is 9.69 Å². The number of anilines is 1. The molecule has 1 N–H and O–H groups in total. The molecule has 0 saturated carbocycles. The molecule has 21 heavy (non-hydrogen) atoms. The summed E-state index contributed by atoms with van der Waals surface area (Å²) in [4.78, 5) is 14.6. The molecule has 112 valence electrons. The standard InChI is InChI=1S/C16H19BrN2OS/c1-3-19(4-2)10-12-7-5-6-8-14(12)18-16(20)13-9-15(17)21-11-13/h5-9,11H,3-4,10H2,1-2H3,(H,18,20). The third-order valence-electron chi connectivity index (χ3n) is 3.38. The van der Waals surface area contributed by atoms with Crippen molar-refractivity contribution in [1.82, 2.24) is 4.90 Å². The van der Waals surface area contributed by atoms with E-state index in [1.165, 1.54) is 11.3 Å². The summed E-state index contributed by atoms with van der Waals surface area (Å²) in [7, 11) is 0. The highest BCUT2D eigenvalue weighted by Crippen LogP contribution is 2.23. The number of hydrogen-bond acceptors (Lipinski definition) is 3. The second kappa shape index (κ2) is 7.73. The van der Waals surface area contributed by atoms with Crippen LogP contribution < -0.4 is 5.32 Å². The first kappa shape index (κ1) is 16.2. The van der Waals surface area contributed by atoms with Crippen LogP contribution in [-0.2, 0) is 6.54 Å². The summed E-state index contributed by atoms with van der Waals surface area (Å²) >= 11 is 4.90. The number of halogens is 1. The molecule has 0 fully saturated rings. The molecule has 1 aromatic carbocycles. The fourth-order valence-corrected chi connectivity index (χ4v) is 3.23. The van der Waals surface area contributed by atoms with Gasteiger partial charge in [0.15, 0.2) is 0 Å². The Hall–Kier alpha value is -1.17. The third-order valence-corrected chi connectivity index (χ3v) is 4.89. The van der Waals surface area contributed by atoms with Gasteiger partial charge in [0.2, 0.25) is 0 Å². The smallest absolute Gasteiger partial charge is 0.256 e. The van der Waals surface area contributed by atoms with Crippen LogP contribution in [0.5, 0.6) is 0 Å². The molecule has 0 atom stereocenters. The van der Waals surface area contributed by atoms with E-state index in [4.69, 9.17) is 0 Å². The third kappa shape index (κ3) is 4.40. The van der Waals surface area contributed by atoms with E-state index in [9.17, 15) is 4.79 Å². The number of carbonyl (C=O) groups excluding carboxylic acids is 1. The van der Waals surface area contributed by atoms with E-state index in [0.717, 1.165) is 34.7 Å². The Morgan fingerprint density at radius 1 is 1.29 bits per heavy atom. The maximum atomic E-state index is 12.3. The Bertz CT molecular complexity index is 608. The van der Waals surface area contributed by atoms with Crippen molar-refractivity contribution in [3.05, 3.63) is 50.6 Å². The summed E-state index contributed by atoms with van der Waals surface area (Å²) in [6.45, 7) is 7.13. The molecule has 2 rings (SSSR count). The molecule has 2 aromatic rings. The molecular weight excluding hydrogens is 348 g/mol. The van der Waals surface area contributed by atoms with Gasteiger partial charge in [0, 0.05) is 17.6 Å². The summed E-state index contributed by atoms with van der Waals surface area (Å²) in [5.74, 6) is -0.0658. The maximum absolute atomic E-state index is 12.3. The zero-order chi connectivity index (χ0) is 15.2. The van der Waals surface area contributed by atoms with E-state index in [-0.39, 0.29) is 5.91 Å². The molecule has 0 unspecified atom stereocenters. The summed E-state index contributed by atoms with van der Waals surface area (Å²) in [5.41, 5.74) is 2.71. The summed E-state index contributed by atoms with van der Waals surface area (Å²) in [6, 6.07) is 9.82. The van der Waals surface area contributed by atoms with Crippen LogP contribution >= 0.6 is 27.3 Å². The Morgan fingerprint density at radius 2 is 2.00 bits per heavy atom. The Balaban J connectivity index is 2.14. The van der Waals surface area contributed by atoms with Crippen molar-refractivity contribution < 1.29 is 4.79 Å². The first-order chi connectivity index (χ1) is 10.1. The second-order valence-corrected chi connectivity index (χ2v) is 7.00. The fourth-order valence-electron chi connectivity index (χ4n) is 2.09. The lowest BCUT2D eigenvalue weighted by molar-refractivity contribution is 0.102. The highest BCUT2D eigenvalue weighted by Gasteiger charge is 2.11. The van der Waals surface area contributed by atoms with Gasteiger partial charge in [0.25, 0.3) is 5.91 Å². The SMILES string of the molecule is CCN(CC)Cc1ccccc1NC(=O)c1csc(Br)c1. The number of amides is 1. The van der Waals surface area contributed by atoms with Crippen molar-refractivity contribution in [2.24, 2.45) is 0 Å². The quantitative estimate of drug-likeness (QED) is 0.809. The lowest BCUT2D eigenvalue weighted by Crippen LogP contribution is -2.23. The van der Waals surface area contributed by atoms with Gasteiger partial charge in [-0.2, -0.15) is 0 Å². The Labute approximate surface area is 138 Å². The lowest BCUT2D eigenvalue weighted by Gasteiger charge is -2.20. The number of benzene rings is 1. The molecule has 0 aliphatic heterocycles. The van der Waals surface area contributed by atoms with Crippen molar-refractivity contribution in [3.8, 4) is 0 Å². The van der Waals surface area contributed by atoms with Gasteiger partial charge in [-0.15, -0.1) is 11.3 Å². The van der Waals surface area contributed by atoms with Gasteiger partial charge in [-0.05, 0) is 46.7 Å². The zero-order valence-corrected chi connectivity index (χ0v) is 14.6. The summed E-state index contributed by atoms with van der Waals surface area (Å²) in [5, 5.41) is 4.87. The van der Waals surface area contributed by atoms with Crippen LogP contribution in [0, 0.1) is 0 Å². The highest BCUT2D eigenvalue weighted by molar-refractivity contribution is 9.11. The first-order valence-corrected chi connectivity index (χ1v) is 8.67. The number of nitrogens with zero attached hydrogens (tertiary/aromatic N) is 1. The second-order valence-electron chi connectivity index (χ2n) is 4.71. The minimum atomic E-state index is -0.0658. The molecule has 1 heterocycles. The van der Waals surface area contributed by atoms with Gasteiger partial charge >= 0.3 is 0 Å². The molecule has 1 aromatic heterocycles. The fraction of sp³-hybridized carbons (Fsp3) is 0.312. The van der Waals surface area contributed by atoms with E-state index in [1.54, 1.807) is 0 Å². The first-order valence-electron chi connectivity index (χ1n) is 6.99. The molecule has 0 spiro atoms. The topological polar surface area (TPSA) is 32.3 Å². The van der Waals surface area contributed by atoms with Crippen molar-refractivity contribution >= 4 is 38.9 Å². The molecule has 1 amide bonds. The molecule has 0 aliphatic rings. The monoisotopic (exact) mass is 366 g/mol. The number of thiophene rings is 1. The van der Waals surface area contributed by atoms with E-state index < -0.39 is 0 Å². The van der Waals surface area contributed by atoms with Gasteiger partial charge in [0.1, 0.15) is 0 Å². The molecule has 5 heteroatoms. The van der Waals surface area contributed by atoms with Crippen LogP contribution in [0.25, 0.3) is 0 Å². The van der Waals surface area contributed by atoms with Crippen molar-refractivity contribution in [3.63, 3.8) is 0 Å². The van der Waals surface area contributed by atoms with Crippen LogP contribution in [0.1, 0.15) is 29.8 Å². The van der Waals surface area contributed by atoms with Gasteiger partial charge in [-0.25, -0.2) is 0 Å². The minimum Gasteiger partial charge on any atom is -0.322 e.